The summed E-state index contributed by atoms with van der Waals surface area (Å²) in [5.74, 6) is -0.567. The van der Waals surface area contributed by atoms with E-state index in [2.05, 4.69) is 10.5 Å². The van der Waals surface area contributed by atoms with E-state index in [1.165, 1.54) is 12.1 Å². The third-order valence-electron chi connectivity index (χ3n) is 4.64. The lowest BCUT2D eigenvalue weighted by molar-refractivity contribution is -0.125. The Morgan fingerprint density at radius 3 is 2.74 bits per heavy atom. The number of nitrogens with zero attached hydrogens (tertiary/aromatic N) is 2. The van der Waals surface area contributed by atoms with Gasteiger partial charge in [0, 0.05) is 36.3 Å². The second kappa shape index (κ2) is 7.19. The minimum atomic E-state index is -0.761. The predicted octanol–water partition coefficient (Wildman–Crippen LogP) is 3.08. The minimum Gasteiger partial charge on any atom is -0.382 e. The topological polar surface area (TPSA) is 71.0 Å². The Kier molecular flexibility index (Phi) is 4.58. The Bertz CT molecular complexity index is 911. The van der Waals surface area contributed by atoms with E-state index in [1.54, 1.807) is 29.2 Å². The van der Waals surface area contributed by atoms with Crippen LogP contribution < -0.4 is 10.2 Å². The molecule has 7 heteroatoms. The minimum absolute atomic E-state index is 0.119. The van der Waals surface area contributed by atoms with Gasteiger partial charge >= 0.3 is 0 Å². The van der Waals surface area contributed by atoms with Crippen LogP contribution in [0.25, 0.3) is 0 Å². The van der Waals surface area contributed by atoms with Crippen molar-refractivity contribution in [2.75, 3.05) is 16.8 Å². The number of hydrogen-bond acceptors (Lipinski definition) is 4. The molecular weight excluding hydrogens is 349 g/mol. The summed E-state index contributed by atoms with van der Waals surface area (Å²) in [6, 6.07) is 13.2. The van der Waals surface area contributed by atoms with Crippen LogP contribution in [-0.4, -0.2) is 30.2 Å². The number of halogens is 1. The summed E-state index contributed by atoms with van der Waals surface area (Å²) >= 11 is 0. The molecule has 1 fully saturated rings. The molecular formula is C20H18FN3O3. The van der Waals surface area contributed by atoms with Crippen molar-refractivity contribution in [3.05, 3.63) is 59.9 Å². The van der Waals surface area contributed by atoms with Crippen molar-refractivity contribution in [2.45, 2.75) is 25.4 Å². The molecule has 0 bridgehead atoms. The average molecular weight is 367 g/mol. The van der Waals surface area contributed by atoms with Crippen molar-refractivity contribution in [2.24, 2.45) is 5.16 Å². The van der Waals surface area contributed by atoms with E-state index in [0.717, 1.165) is 18.7 Å². The molecule has 6 nitrogen and oxygen atoms in total. The Balaban J connectivity index is 1.36. The van der Waals surface area contributed by atoms with Gasteiger partial charge in [0.15, 0.2) is 0 Å². The fourth-order valence-electron chi connectivity index (χ4n) is 3.23. The van der Waals surface area contributed by atoms with Crippen LogP contribution in [0.4, 0.5) is 15.8 Å². The zero-order chi connectivity index (χ0) is 18.8. The van der Waals surface area contributed by atoms with Gasteiger partial charge in [0.05, 0.1) is 5.71 Å². The van der Waals surface area contributed by atoms with Crippen LogP contribution >= 0.6 is 0 Å². The Morgan fingerprint density at radius 1 is 1.22 bits per heavy atom. The number of carbonyl (C=O) groups excluding carboxylic acids is 2. The third kappa shape index (κ3) is 3.67. The van der Waals surface area contributed by atoms with Gasteiger partial charge in [-0.1, -0.05) is 17.3 Å². The Labute approximate surface area is 155 Å². The van der Waals surface area contributed by atoms with Gasteiger partial charge < -0.3 is 15.1 Å². The molecule has 27 heavy (non-hydrogen) atoms. The van der Waals surface area contributed by atoms with Gasteiger partial charge in [-0.15, -0.1) is 0 Å². The quantitative estimate of drug-likeness (QED) is 0.903. The molecule has 1 atom stereocenters. The summed E-state index contributed by atoms with van der Waals surface area (Å²) in [6.07, 6.45) is 0.952. The SMILES string of the molecule is O=C(Nc1ccc(N2CCCC2=O)cc1)C1CC(c2cccc(F)c2)=NO1. The van der Waals surface area contributed by atoms with E-state index >= 15 is 0 Å². The van der Waals surface area contributed by atoms with Gasteiger partial charge in [0.25, 0.3) is 5.91 Å². The van der Waals surface area contributed by atoms with Crippen LogP contribution in [0.15, 0.2) is 53.7 Å². The number of amides is 2. The van der Waals surface area contributed by atoms with Crippen molar-refractivity contribution in [1.82, 2.24) is 0 Å². The number of benzene rings is 2. The number of anilines is 2. The van der Waals surface area contributed by atoms with Crippen molar-refractivity contribution < 1.29 is 18.8 Å². The van der Waals surface area contributed by atoms with E-state index in [4.69, 9.17) is 4.84 Å². The van der Waals surface area contributed by atoms with Crippen molar-refractivity contribution in [1.29, 1.82) is 0 Å². The van der Waals surface area contributed by atoms with E-state index < -0.39 is 6.10 Å². The van der Waals surface area contributed by atoms with Crippen molar-refractivity contribution in [3.8, 4) is 0 Å². The third-order valence-corrected chi connectivity index (χ3v) is 4.64. The zero-order valence-electron chi connectivity index (χ0n) is 14.5. The molecule has 1 saturated heterocycles. The highest BCUT2D eigenvalue weighted by Gasteiger charge is 2.29. The molecule has 2 amide bonds. The summed E-state index contributed by atoms with van der Waals surface area (Å²) in [5, 5.41) is 6.69. The maximum Gasteiger partial charge on any atom is 0.268 e. The van der Waals surface area contributed by atoms with Gasteiger partial charge in [0.1, 0.15) is 5.82 Å². The van der Waals surface area contributed by atoms with E-state index in [0.29, 0.717) is 23.4 Å². The second-order valence-electron chi connectivity index (χ2n) is 6.53. The lowest BCUT2D eigenvalue weighted by Crippen LogP contribution is -2.28. The highest BCUT2D eigenvalue weighted by atomic mass is 19.1. The summed E-state index contributed by atoms with van der Waals surface area (Å²) in [6.45, 7) is 0.723. The lowest BCUT2D eigenvalue weighted by Gasteiger charge is -2.16. The van der Waals surface area contributed by atoms with Crippen LogP contribution in [-0.2, 0) is 14.4 Å². The standard InChI is InChI=1S/C20H18FN3O3/c21-14-4-1-3-13(11-14)17-12-18(27-23-17)20(26)22-15-6-8-16(9-7-15)24-10-2-5-19(24)25/h1,3-4,6-9,11,18H,2,5,10,12H2,(H,22,26). The number of carbonyl (C=O) groups is 2. The number of oxime groups is 1. The molecule has 1 N–H and O–H groups in total. The first kappa shape index (κ1) is 17.2. The summed E-state index contributed by atoms with van der Waals surface area (Å²) in [7, 11) is 0. The summed E-state index contributed by atoms with van der Waals surface area (Å²) in [5.41, 5.74) is 2.57. The monoisotopic (exact) mass is 367 g/mol. The Morgan fingerprint density at radius 2 is 2.04 bits per heavy atom. The smallest absolute Gasteiger partial charge is 0.268 e. The molecule has 0 aliphatic carbocycles. The zero-order valence-corrected chi connectivity index (χ0v) is 14.5. The first-order valence-electron chi connectivity index (χ1n) is 8.80. The molecule has 138 valence electrons. The molecule has 2 aliphatic rings. The van der Waals surface area contributed by atoms with Crippen LogP contribution in [0.2, 0.25) is 0 Å². The molecule has 2 aliphatic heterocycles. The van der Waals surface area contributed by atoms with Gasteiger partial charge in [0.2, 0.25) is 12.0 Å². The van der Waals surface area contributed by atoms with Crippen LogP contribution in [0.1, 0.15) is 24.8 Å². The average Bonchev–Trinajstić information content (AvgIpc) is 3.32. The fourth-order valence-corrected chi connectivity index (χ4v) is 3.23. The van der Waals surface area contributed by atoms with Crippen LogP contribution in [0, 0.1) is 5.82 Å². The number of rotatable bonds is 4. The molecule has 0 radical (unpaired) electrons. The van der Waals surface area contributed by atoms with Gasteiger partial charge in [-0.3, -0.25) is 9.59 Å². The predicted molar refractivity (Wildman–Crippen MR) is 99.1 cm³/mol. The van der Waals surface area contributed by atoms with E-state index in [1.807, 2.05) is 12.1 Å². The van der Waals surface area contributed by atoms with Gasteiger partial charge in [-0.05, 0) is 42.8 Å². The lowest BCUT2D eigenvalue weighted by atomic mass is 10.0. The molecule has 2 aromatic rings. The second-order valence-corrected chi connectivity index (χ2v) is 6.53. The largest absolute Gasteiger partial charge is 0.382 e. The van der Waals surface area contributed by atoms with E-state index in [9.17, 15) is 14.0 Å². The normalized spacial score (nSPS) is 19.0. The highest BCUT2D eigenvalue weighted by Crippen LogP contribution is 2.24. The van der Waals surface area contributed by atoms with Crippen molar-refractivity contribution >= 4 is 28.9 Å². The van der Waals surface area contributed by atoms with Crippen LogP contribution in [0.3, 0.4) is 0 Å². The summed E-state index contributed by atoms with van der Waals surface area (Å²) < 4.78 is 13.3. The molecule has 2 heterocycles. The molecule has 0 spiro atoms. The highest BCUT2D eigenvalue weighted by molar-refractivity contribution is 6.06. The number of hydrogen-bond donors (Lipinski definition) is 1. The molecule has 1 unspecified atom stereocenters. The number of nitrogens with one attached hydrogen (secondary N) is 1. The summed E-state index contributed by atoms with van der Waals surface area (Å²) in [4.78, 5) is 31.1. The molecule has 0 aromatic heterocycles. The molecule has 2 aromatic carbocycles. The van der Waals surface area contributed by atoms with Crippen LogP contribution in [0.5, 0.6) is 0 Å². The first-order chi connectivity index (χ1) is 13.1. The van der Waals surface area contributed by atoms with Gasteiger partial charge in [-0.25, -0.2) is 4.39 Å². The molecule has 4 rings (SSSR count). The van der Waals surface area contributed by atoms with Gasteiger partial charge in [-0.2, -0.15) is 0 Å². The van der Waals surface area contributed by atoms with Crippen molar-refractivity contribution in [3.63, 3.8) is 0 Å². The maximum atomic E-state index is 13.3. The fraction of sp³-hybridized carbons (Fsp3) is 0.250. The maximum absolute atomic E-state index is 13.3. The molecule has 0 saturated carbocycles. The first-order valence-corrected chi connectivity index (χ1v) is 8.80. The van der Waals surface area contributed by atoms with E-state index in [-0.39, 0.29) is 24.1 Å². The Hall–Kier alpha value is -3.22.